The molecular formula is C28H30ClN3O2S3. The Bertz CT molecular complexity index is 1380. The minimum absolute atomic E-state index is 0.177. The van der Waals surface area contributed by atoms with E-state index >= 15 is 0 Å². The van der Waals surface area contributed by atoms with Crippen molar-refractivity contribution in [2.45, 2.75) is 30.3 Å². The zero-order valence-corrected chi connectivity index (χ0v) is 24.8. The Morgan fingerprint density at radius 2 is 1.81 bits per heavy atom. The Balaban J connectivity index is 1.89. The van der Waals surface area contributed by atoms with Gasteiger partial charge in [0.1, 0.15) is 16.4 Å². The molecule has 4 aromatic rings. The molecule has 0 spiro atoms. The summed E-state index contributed by atoms with van der Waals surface area (Å²) in [5, 5.41) is 5.58. The number of aromatic nitrogens is 1. The van der Waals surface area contributed by atoms with Crippen molar-refractivity contribution in [3.8, 4) is 11.1 Å². The van der Waals surface area contributed by atoms with Crippen LogP contribution in [-0.4, -0.2) is 42.1 Å². The fourth-order valence-electron chi connectivity index (χ4n) is 4.21. The van der Waals surface area contributed by atoms with Crippen molar-refractivity contribution >= 4 is 69.6 Å². The van der Waals surface area contributed by atoms with Crippen molar-refractivity contribution in [3.05, 3.63) is 70.6 Å². The van der Waals surface area contributed by atoms with Crippen LogP contribution in [-0.2, 0) is 6.54 Å². The van der Waals surface area contributed by atoms with Crippen molar-refractivity contribution in [3.63, 3.8) is 0 Å². The second kappa shape index (κ2) is 12.5. The zero-order chi connectivity index (χ0) is 26.5. The van der Waals surface area contributed by atoms with Gasteiger partial charge >= 0.3 is 6.03 Å². The maximum atomic E-state index is 13.7. The fourth-order valence-corrected chi connectivity index (χ4v) is 6.05. The summed E-state index contributed by atoms with van der Waals surface area (Å²) in [6.07, 6.45) is 6.04. The minimum atomic E-state index is -0.177. The van der Waals surface area contributed by atoms with Crippen LogP contribution in [0.3, 0.4) is 0 Å². The van der Waals surface area contributed by atoms with Crippen molar-refractivity contribution in [2.75, 3.05) is 36.0 Å². The molecular weight excluding hydrogens is 542 g/mol. The molecule has 0 bridgehead atoms. The Morgan fingerprint density at radius 3 is 2.49 bits per heavy atom. The maximum absolute atomic E-state index is 13.7. The molecule has 0 aliphatic heterocycles. The van der Waals surface area contributed by atoms with E-state index < -0.39 is 0 Å². The first kappa shape index (κ1) is 27.8. The fraction of sp³-hybridized carbons (Fsp3) is 0.286. The number of benzene rings is 2. The molecule has 194 valence electrons. The first-order valence-electron chi connectivity index (χ1n) is 11.8. The molecule has 0 aliphatic carbocycles. The van der Waals surface area contributed by atoms with Crippen molar-refractivity contribution in [1.82, 2.24) is 10.3 Å². The van der Waals surface area contributed by atoms with Gasteiger partial charge in [-0.15, -0.1) is 23.5 Å². The lowest BCUT2D eigenvalue weighted by Crippen LogP contribution is -2.41. The molecule has 0 saturated heterocycles. The number of nitrogens with zero attached hydrogens (tertiary/aromatic N) is 2. The molecule has 0 aliphatic rings. The zero-order valence-electron chi connectivity index (χ0n) is 21.6. The lowest BCUT2D eigenvalue weighted by atomic mass is 10.0. The average Bonchev–Trinajstić information content (AvgIpc) is 3.24. The summed E-state index contributed by atoms with van der Waals surface area (Å²) >= 11 is 11.0. The van der Waals surface area contributed by atoms with Crippen LogP contribution in [0.4, 0.5) is 10.5 Å². The molecule has 0 saturated carbocycles. The Labute approximate surface area is 236 Å². The number of carbonyl (C=O) groups excluding carboxylic acids is 1. The number of aryl methyl sites for hydroxylation is 2. The number of carbonyl (C=O) groups is 1. The summed E-state index contributed by atoms with van der Waals surface area (Å²) < 4.78 is 6.44. The van der Waals surface area contributed by atoms with Crippen LogP contribution in [0.1, 0.15) is 17.0 Å². The van der Waals surface area contributed by atoms with E-state index in [0.29, 0.717) is 17.3 Å². The summed E-state index contributed by atoms with van der Waals surface area (Å²) in [4.78, 5) is 21.2. The number of hydrogen-bond acceptors (Lipinski definition) is 6. The van der Waals surface area contributed by atoms with Gasteiger partial charge in [-0.25, -0.2) is 9.78 Å². The highest BCUT2D eigenvalue weighted by Gasteiger charge is 2.27. The number of hydrogen-bond donors (Lipinski definition) is 1. The summed E-state index contributed by atoms with van der Waals surface area (Å²) in [6.45, 7) is 4.87. The molecule has 0 fully saturated rings. The van der Waals surface area contributed by atoms with Gasteiger partial charge in [-0.1, -0.05) is 35.4 Å². The number of nitrogens with one attached hydrogen (secondary N) is 1. The number of anilines is 1. The van der Waals surface area contributed by atoms with Crippen molar-refractivity contribution in [2.24, 2.45) is 0 Å². The summed E-state index contributed by atoms with van der Waals surface area (Å²) in [5.74, 6) is 1.54. The summed E-state index contributed by atoms with van der Waals surface area (Å²) in [7, 11) is 0. The number of halogens is 1. The van der Waals surface area contributed by atoms with Crippen LogP contribution in [0.25, 0.3) is 22.1 Å². The van der Waals surface area contributed by atoms with Gasteiger partial charge in [0, 0.05) is 38.9 Å². The van der Waals surface area contributed by atoms with Crippen LogP contribution < -0.4 is 10.2 Å². The van der Waals surface area contributed by atoms with Gasteiger partial charge in [-0.3, -0.25) is 4.90 Å². The molecule has 4 rings (SSSR count). The van der Waals surface area contributed by atoms with Gasteiger partial charge in [0.25, 0.3) is 0 Å². The SMILES string of the molecule is CSCCNC(=O)N(Cc1oc2ccc(C)cc2c1-c1ccc(Cl)cc1)c1c(SC)cc(C)nc1SC. The van der Waals surface area contributed by atoms with Gasteiger partial charge in [-0.2, -0.15) is 11.8 Å². The second-order valence-corrected chi connectivity index (χ2v) is 11.6. The van der Waals surface area contributed by atoms with Crippen LogP contribution >= 0.6 is 46.9 Å². The quantitative estimate of drug-likeness (QED) is 0.161. The van der Waals surface area contributed by atoms with Crippen LogP contribution in [0.2, 0.25) is 5.02 Å². The van der Waals surface area contributed by atoms with E-state index in [1.807, 2.05) is 68.2 Å². The average molecular weight is 572 g/mol. The third-order valence-electron chi connectivity index (χ3n) is 5.92. The molecule has 2 heterocycles. The topological polar surface area (TPSA) is 58.4 Å². The molecule has 2 aromatic carbocycles. The van der Waals surface area contributed by atoms with Crippen LogP contribution in [0.5, 0.6) is 0 Å². The first-order chi connectivity index (χ1) is 17.9. The van der Waals surface area contributed by atoms with E-state index in [1.54, 1.807) is 28.4 Å². The number of urea groups is 1. The van der Waals surface area contributed by atoms with Crippen molar-refractivity contribution in [1.29, 1.82) is 0 Å². The van der Waals surface area contributed by atoms with E-state index in [4.69, 9.17) is 21.0 Å². The third kappa shape index (κ3) is 6.25. The van der Waals surface area contributed by atoms with Gasteiger partial charge < -0.3 is 9.73 Å². The smallest absolute Gasteiger partial charge is 0.322 e. The Kier molecular flexibility index (Phi) is 9.40. The lowest BCUT2D eigenvalue weighted by molar-refractivity contribution is 0.246. The molecule has 9 heteroatoms. The Morgan fingerprint density at radius 1 is 1.05 bits per heavy atom. The number of fused-ring (bicyclic) bond motifs is 1. The normalized spacial score (nSPS) is 11.2. The largest absolute Gasteiger partial charge is 0.458 e. The number of pyridine rings is 1. The molecule has 2 amide bonds. The third-order valence-corrected chi connectivity index (χ3v) is 8.20. The number of furan rings is 1. The number of thioether (sulfide) groups is 3. The van der Waals surface area contributed by atoms with Gasteiger partial charge in [0.15, 0.2) is 0 Å². The highest BCUT2D eigenvalue weighted by molar-refractivity contribution is 7.99. The van der Waals surface area contributed by atoms with E-state index in [-0.39, 0.29) is 12.6 Å². The van der Waals surface area contributed by atoms with E-state index in [0.717, 1.165) is 54.7 Å². The first-order valence-corrected chi connectivity index (χ1v) is 16.0. The predicted molar refractivity (Wildman–Crippen MR) is 162 cm³/mol. The standard InChI is InChI=1S/C28H30ClN3O2S3/c1-17-6-11-22-21(14-17)25(19-7-9-20(29)10-8-19)23(34-22)16-32(28(33)30-12-13-35-3)26-24(36-4)15-18(2)31-27(26)37-5/h6-11,14-15H,12-13,16H2,1-5H3,(H,30,33). The highest BCUT2D eigenvalue weighted by atomic mass is 35.5. The van der Waals surface area contributed by atoms with Gasteiger partial charge in [0.05, 0.1) is 12.2 Å². The predicted octanol–water partition coefficient (Wildman–Crippen LogP) is 8.29. The molecule has 1 N–H and O–H groups in total. The summed E-state index contributed by atoms with van der Waals surface area (Å²) in [6, 6.07) is 15.8. The number of rotatable bonds is 9. The van der Waals surface area contributed by atoms with E-state index in [2.05, 4.69) is 18.3 Å². The van der Waals surface area contributed by atoms with Gasteiger partial charge in [-0.05, 0) is 68.5 Å². The van der Waals surface area contributed by atoms with Crippen molar-refractivity contribution < 1.29 is 9.21 Å². The molecule has 5 nitrogen and oxygen atoms in total. The lowest BCUT2D eigenvalue weighted by Gasteiger charge is -2.26. The van der Waals surface area contributed by atoms with E-state index in [9.17, 15) is 4.79 Å². The van der Waals surface area contributed by atoms with Gasteiger partial charge in [0.2, 0.25) is 0 Å². The highest BCUT2D eigenvalue weighted by Crippen LogP contribution is 2.41. The maximum Gasteiger partial charge on any atom is 0.322 e. The molecule has 0 atom stereocenters. The molecule has 37 heavy (non-hydrogen) atoms. The Hall–Kier alpha value is -2.26. The summed E-state index contributed by atoms with van der Waals surface area (Å²) in [5.41, 5.74) is 5.59. The van der Waals surface area contributed by atoms with E-state index in [1.165, 1.54) is 11.8 Å². The van der Waals surface area contributed by atoms with Crippen LogP contribution in [0, 0.1) is 13.8 Å². The molecule has 2 aromatic heterocycles. The number of amides is 2. The van der Waals surface area contributed by atoms with Crippen LogP contribution in [0.15, 0.2) is 62.9 Å². The molecule has 0 unspecified atom stereocenters. The molecule has 0 radical (unpaired) electrons. The monoisotopic (exact) mass is 571 g/mol. The minimum Gasteiger partial charge on any atom is -0.458 e. The second-order valence-electron chi connectivity index (χ2n) is 8.54.